The van der Waals surface area contributed by atoms with Gasteiger partial charge >= 0.3 is 5.97 Å². The Bertz CT molecular complexity index is 1100. The Kier molecular flexibility index (Phi) is 5.12. The van der Waals surface area contributed by atoms with Crippen LogP contribution >= 0.6 is 11.8 Å². The maximum absolute atomic E-state index is 12.4. The van der Waals surface area contributed by atoms with Crippen molar-refractivity contribution in [2.75, 3.05) is 22.5 Å². The zero-order chi connectivity index (χ0) is 20.4. The molecule has 0 bridgehead atoms. The Morgan fingerprint density at radius 1 is 1.31 bits per heavy atom. The number of anilines is 2. The van der Waals surface area contributed by atoms with Crippen LogP contribution < -0.4 is 10.2 Å². The van der Waals surface area contributed by atoms with Crippen molar-refractivity contribution >= 4 is 52.2 Å². The second-order valence-electron chi connectivity index (χ2n) is 6.18. The van der Waals surface area contributed by atoms with Crippen LogP contribution in [0.15, 0.2) is 41.8 Å². The van der Waals surface area contributed by atoms with E-state index in [1.165, 1.54) is 36.2 Å². The van der Waals surface area contributed by atoms with Gasteiger partial charge in [-0.15, -0.1) is 11.8 Å². The van der Waals surface area contributed by atoms with Crippen molar-refractivity contribution < 1.29 is 19.1 Å². The highest BCUT2D eigenvalue weighted by Crippen LogP contribution is 2.34. The summed E-state index contributed by atoms with van der Waals surface area (Å²) in [7, 11) is 0. The molecule has 0 saturated heterocycles. The Hall–Kier alpha value is -3.47. The lowest BCUT2D eigenvalue weighted by molar-refractivity contribution is -0.152. The van der Waals surface area contributed by atoms with E-state index in [1.54, 1.807) is 12.1 Å². The van der Waals surface area contributed by atoms with Crippen LogP contribution in [0.2, 0.25) is 0 Å². The highest BCUT2D eigenvalue weighted by molar-refractivity contribution is 8.00. The van der Waals surface area contributed by atoms with Crippen molar-refractivity contribution in [2.45, 2.75) is 17.9 Å². The lowest BCUT2D eigenvalue weighted by atomic mass is 10.2. The standard InChI is InChI=1S/C18H16N6O4S/c1-10(18(27)23-17-15-16(20-8-19-15)21-9-22-17)28-14(26)6-24-11-4-2-3-5-12(11)29-7-13(24)25/h2-5,8-10H,6-7H2,1H3,(H2,19,20,21,22,23,27). The lowest BCUT2D eigenvalue weighted by Crippen LogP contribution is -2.41. The van der Waals surface area contributed by atoms with Gasteiger partial charge in [0, 0.05) is 4.90 Å². The van der Waals surface area contributed by atoms with E-state index in [-0.39, 0.29) is 24.0 Å². The molecule has 0 radical (unpaired) electrons. The van der Waals surface area contributed by atoms with Crippen LogP contribution in [0.1, 0.15) is 6.92 Å². The number of esters is 1. The molecule has 0 spiro atoms. The number of ether oxygens (including phenoxy) is 1. The molecule has 1 aliphatic rings. The molecule has 10 nitrogen and oxygen atoms in total. The SMILES string of the molecule is CC(OC(=O)CN1C(=O)CSc2ccccc21)C(=O)Nc1ncnc2nc[nH]c12. The molecule has 1 aliphatic heterocycles. The van der Waals surface area contributed by atoms with Gasteiger partial charge in [-0.2, -0.15) is 0 Å². The Morgan fingerprint density at radius 3 is 3.00 bits per heavy atom. The highest BCUT2D eigenvalue weighted by atomic mass is 32.2. The van der Waals surface area contributed by atoms with Gasteiger partial charge in [-0.3, -0.25) is 19.3 Å². The van der Waals surface area contributed by atoms with Crippen molar-refractivity contribution in [3.05, 3.63) is 36.9 Å². The summed E-state index contributed by atoms with van der Waals surface area (Å²) < 4.78 is 5.22. The first-order valence-corrected chi connectivity index (χ1v) is 9.68. The third-order valence-electron chi connectivity index (χ3n) is 4.24. The van der Waals surface area contributed by atoms with Crippen LogP contribution in [0.4, 0.5) is 11.5 Å². The average molecular weight is 412 g/mol. The van der Waals surface area contributed by atoms with E-state index in [1.807, 2.05) is 12.1 Å². The predicted molar refractivity (Wildman–Crippen MR) is 105 cm³/mol. The molecule has 1 aromatic carbocycles. The molecule has 11 heteroatoms. The molecule has 0 fully saturated rings. The molecule has 1 unspecified atom stereocenters. The molecule has 0 aliphatic carbocycles. The van der Waals surface area contributed by atoms with Gasteiger partial charge in [-0.05, 0) is 19.1 Å². The largest absolute Gasteiger partial charge is 0.451 e. The molecular formula is C18H16N6O4S. The number of carbonyl (C=O) groups excluding carboxylic acids is 3. The van der Waals surface area contributed by atoms with E-state index in [4.69, 9.17) is 4.74 Å². The van der Waals surface area contributed by atoms with Crippen LogP contribution in [0.25, 0.3) is 11.2 Å². The molecule has 148 valence electrons. The Labute approximate surface area is 169 Å². The number of H-pyrrole nitrogens is 1. The summed E-state index contributed by atoms with van der Waals surface area (Å²) in [5.74, 6) is -0.956. The molecule has 2 aromatic heterocycles. The van der Waals surface area contributed by atoms with E-state index in [0.29, 0.717) is 16.9 Å². The average Bonchev–Trinajstić information content (AvgIpc) is 3.20. The van der Waals surface area contributed by atoms with Gasteiger partial charge in [0.1, 0.15) is 18.4 Å². The molecule has 29 heavy (non-hydrogen) atoms. The number of benzene rings is 1. The van der Waals surface area contributed by atoms with Crippen LogP contribution in [0.5, 0.6) is 0 Å². The summed E-state index contributed by atoms with van der Waals surface area (Å²) in [6.07, 6.45) is 1.62. The molecular weight excluding hydrogens is 396 g/mol. The highest BCUT2D eigenvalue weighted by Gasteiger charge is 2.28. The van der Waals surface area contributed by atoms with Crippen LogP contribution in [0.3, 0.4) is 0 Å². The fraction of sp³-hybridized carbons (Fsp3) is 0.222. The maximum atomic E-state index is 12.4. The summed E-state index contributed by atoms with van der Waals surface area (Å²) >= 11 is 1.42. The predicted octanol–water partition coefficient (Wildman–Crippen LogP) is 1.36. The van der Waals surface area contributed by atoms with Crippen molar-refractivity contribution in [2.24, 2.45) is 0 Å². The number of fused-ring (bicyclic) bond motifs is 2. The third kappa shape index (κ3) is 3.90. The monoisotopic (exact) mass is 412 g/mol. The third-order valence-corrected chi connectivity index (χ3v) is 5.29. The molecule has 3 heterocycles. The van der Waals surface area contributed by atoms with Gasteiger partial charge in [0.2, 0.25) is 5.91 Å². The number of aromatic amines is 1. The van der Waals surface area contributed by atoms with E-state index in [9.17, 15) is 14.4 Å². The van der Waals surface area contributed by atoms with Gasteiger partial charge < -0.3 is 15.0 Å². The smallest absolute Gasteiger partial charge is 0.326 e. The minimum absolute atomic E-state index is 0.189. The first-order chi connectivity index (χ1) is 14.0. The summed E-state index contributed by atoms with van der Waals surface area (Å²) in [6.45, 7) is 1.17. The minimum Gasteiger partial charge on any atom is -0.451 e. The van der Waals surface area contributed by atoms with E-state index in [0.717, 1.165) is 4.90 Å². The van der Waals surface area contributed by atoms with Crippen LogP contribution in [-0.2, 0) is 19.1 Å². The molecule has 4 rings (SSSR count). The van der Waals surface area contributed by atoms with Gasteiger partial charge in [0.05, 0.1) is 17.8 Å². The van der Waals surface area contributed by atoms with E-state index in [2.05, 4.69) is 25.3 Å². The fourth-order valence-corrected chi connectivity index (χ4v) is 3.76. The first kappa shape index (κ1) is 18.9. The lowest BCUT2D eigenvalue weighted by Gasteiger charge is -2.28. The number of aromatic nitrogens is 4. The summed E-state index contributed by atoms with van der Waals surface area (Å²) in [6, 6.07) is 7.32. The maximum Gasteiger partial charge on any atom is 0.326 e. The zero-order valence-corrected chi connectivity index (χ0v) is 16.1. The molecule has 2 amide bonds. The number of hydrogen-bond acceptors (Lipinski definition) is 8. The Morgan fingerprint density at radius 2 is 2.14 bits per heavy atom. The molecule has 3 aromatic rings. The van der Waals surface area contributed by atoms with Gasteiger partial charge in [-0.1, -0.05) is 12.1 Å². The second kappa shape index (κ2) is 7.87. The molecule has 0 saturated carbocycles. The number of amides is 2. The van der Waals surface area contributed by atoms with Crippen molar-refractivity contribution in [3.63, 3.8) is 0 Å². The Balaban J connectivity index is 1.40. The van der Waals surface area contributed by atoms with Gasteiger partial charge in [-0.25, -0.2) is 15.0 Å². The van der Waals surface area contributed by atoms with Gasteiger partial charge in [0.25, 0.3) is 5.91 Å². The summed E-state index contributed by atoms with van der Waals surface area (Å²) in [5.41, 5.74) is 1.53. The first-order valence-electron chi connectivity index (χ1n) is 8.69. The minimum atomic E-state index is -1.08. The normalized spacial score (nSPS) is 14.4. The van der Waals surface area contributed by atoms with E-state index >= 15 is 0 Å². The number of nitrogens with one attached hydrogen (secondary N) is 2. The fourth-order valence-electron chi connectivity index (χ4n) is 2.82. The quantitative estimate of drug-likeness (QED) is 0.601. The van der Waals surface area contributed by atoms with Gasteiger partial charge in [0.15, 0.2) is 17.6 Å². The molecule has 2 N–H and O–H groups in total. The number of nitrogens with zero attached hydrogens (tertiary/aromatic N) is 4. The number of carbonyl (C=O) groups is 3. The number of rotatable bonds is 5. The summed E-state index contributed by atoms with van der Waals surface area (Å²) in [5, 5.41) is 2.58. The van der Waals surface area contributed by atoms with Crippen LogP contribution in [-0.4, -0.2) is 56.1 Å². The van der Waals surface area contributed by atoms with Crippen molar-refractivity contribution in [3.8, 4) is 0 Å². The van der Waals surface area contributed by atoms with Crippen molar-refractivity contribution in [1.82, 2.24) is 19.9 Å². The molecule has 1 atom stereocenters. The zero-order valence-electron chi connectivity index (χ0n) is 15.3. The van der Waals surface area contributed by atoms with Crippen LogP contribution in [0, 0.1) is 0 Å². The van der Waals surface area contributed by atoms with E-state index < -0.39 is 18.0 Å². The number of hydrogen-bond donors (Lipinski definition) is 2. The summed E-state index contributed by atoms with van der Waals surface area (Å²) in [4.78, 5) is 54.1. The number of imidazole rings is 1. The number of thioether (sulfide) groups is 1. The number of para-hydroxylation sites is 1. The second-order valence-corrected chi connectivity index (χ2v) is 7.20. The van der Waals surface area contributed by atoms with Crippen molar-refractivity contribution in [1.29, 1.82) is 0 Å². The topological polar surface area (TPSA) is 130 Å².